The van der Waals surface area contributed by atoms with Crippen LogP contribution >= 0.6 is 0 Å². The van der Waals surface area contributed by atoms with Crippen molar-refractivity contribution in [2.24, 2.45) is 5.92 Å². The summed E-state index contributed by atoms with van der Waals surface area (Å²) in [6, 6.07) is 24.0. The number of nitrogens with zero attached hydrogens (tertiary/aromatic N) is 9. The second-order valence-corrected chi connectivity index (χ2v) is 16.5. The third kappa shape index (κ3) is 8.05. The van der Waals surface area contributed by atoms with Gasteiger partial charge in [0, 0.05) is 83.6 Å². The monoisotopic (exact) mass is 865 g/mol. The van der Waals surface area contributed by atoms with Crippen LogP contribution in [0.2, 0.25) is 0 Å². The van der Waals surface area contributed by atoms with Crippen LogP contribution < -0.4 is 30.4 Å². The molecular formula is C47H51N11O6. The number of piperidine rings is 1. The van der Waals surface area contributed by atoms with Crippen molar-refractivity contribution in [3.8, 4) is 34.3 Å². The van der Waals surface area contributed by atoms with E-state index in [2.05, 4.69) is 36.4 Å². The number of nitrogens with one attached hydrogen (secondary N) is 2. The average Bonchev–Trinajstić information content (AvgIpc) is 3.67. The number of hydrogen-bond donors (Lipinski definition) is 4. The van der Waals surface area contributed by atoms with Gasteiger partial charge in [-0.05, 0) is 80.3 Å². The number of benzene rings is 4. The van der Waals surface area contributed by atoms with E-state index < -0.39 is 5.69 Å². The molecule has 0 spiro atoms. The van der Waals surface area contributed by atoms with Gasteiger partial charge in [0.2, 0.25) is 11.9 Å². The number of H-pyrrole nitrogens is 1. The van der Waals surface area contributed by atoms with Gasteiger partial charge in [-0.15, -0.1) is 0 Å². The lowest BCUT2D eigenvalue weighted by molar-refractivity contribution is -0.138. The third-order valence-corrected chi connectivity index (χ3v) is 12.5. The van der Waals surface area contributed by atoms with E-state index in [0.29, 0.717) is 71.8 Å². The number of hydrogen-bond acceptors (Lipinski definition) is 13. The normalized spacial score (nSPS) is 15.8. The molecule has 6 aromatic rings. The number of phenols is 2. The molecule has 2 fully saturated rings. The fraction of sp³-hybridized carbons (Fsp3) is 0.319. The number of aromatic hydroxyl groups is 2. The molecule has 17 heteroatoms. The molecule has 2 aromatic heterocycles. The van der Waals surface area contributed by atoms with Crippen LogP contribution in [0.15, 0.2) is 89.9 Å². The van der Waals surface area contributed by atoms with Crippen molar-refractivity contribution < 1.29 is 24.5 Å². The molecule has 2 saturated heterocycles. The summed E-state index contributed by atoms with van der Waals surface area (Å²) in [6.07, 6.45) is 3.19. The molecule has 0 atom stereocenters. The van der Waals surface area contributed by atoms with Gasteiger partial charge in [-0.1, -0.05) is 24.3 Å². The van der Waals surface area contributed by atoms with Crippen LogP contribution in [0.5, 0.6) is 17.2 Å². The maximum absolute atomic E-state index is 13.8. The molecule has 3 aliphatic rings. The predicted molar refractivity (Wildman–Crippen MR) is 245 cm³/mol. The molecule has 2 amide bonds. The zero-order valence-corrected chi connectivity index (χ0v) is 36.3. The number of amides is 2. The van der Waals surface area contributed by atoms with Crippen molar-refractivity contribution in [3.63, 3.8) is 0 Å². The molecule has 17 nitrogen and oxygen atoms in total. The van der Waals surface area contributed by atoms with Gasteiger partial charge in [0.15, 0.2) is 11.6 Å². The Hall–Kier alpha value is -7.40. The fourth-order valence-corrected chi connectivity index (χ4v) is 8.83. The number of rotatable bonds is 10. The molecule has 0 radical (unpaired) electrons. The SMILES string of the molecule is CCOc1cc(N2CCC(C(=O)N3CCN(Cc4ccc(-n5c(-c6cc(C)c(O)cc6O)n[nH]c5=O)cc4)CC3)CC2)ccc1Nc1ncc2c(n1)N(C)c1ccccc1C(=O)N2C. The summed E-state index contributed by atoms with van der Waals surface area (Å²) < 4.78 is 7.51. The van der Waals surface area contributed by atoms with Crippen molar-refractivity contribution in [3.05, 3.63) is 112 Å². The number of anilines is 6. The van der Waals surface area contributed by atoms with Crippen LogP contribution in [0.1, 0.15) is 41.3 Å². The number of aromatic nitrogens is 5. The molecule has 4 aromatic carbocycles. The maximum atomic E-state index is 13.8. The minimum Gasteiger partial charge on any atom is -0.508 e. The van der Waals surface area contributed by atoms with E-state index in [9.17, 15) is 24.6 Å². The maximum Gasteiger partial charge on any atom is 0.348 e. The van der Waals surface area contributed by atoms with Gasteiger partial charge >= 0.3 is 5.69 Å². The Morgan fingerprint density at radius 2 is 1.58 bits per heavy atom. The van der Waals surface area contributed by atoms with Crippen molar-refractivity contribution in [1.29, 1.82) is 0 Å². The van der Waals surface area contributed by atoms with Gasteiger partial charge in [-0.25, -0.2) is 19.4 Å². The Labute approximate surface area is 370 Å². The third-order valence-electron chi connectivity index (χ3n) is 12.5. The van der Waals surface area contributed by atoms with Gasteiger partial charge in [-0.2, -0.15) is 10.1 Å². The number of fused-ring (bicyclic) bond motifs is 2. The Morgan fingerprint density at radius 3 is 2.33 bits per heavy atom. The zero-order chi connectivity index (χ0) is 44.6. The summed E-state index contributed by atoms with van der Waals surface area (Å²) in [7, 11) is 3.62. The van der Waals surface area contributed by atoms with Crippen LogP contribution in [-0.2, 0) is 11.3 Å². The predicted octanol–water partition coefficient (Wildman–Crippen LogP) is 5.80. The van der Waals surface area contributed by atoms with E-state index >= 15 is 0 Å². The average molecular weight is 866 g/mol. The number of aromatic amines is 1. The second-order valence-electron chi connectivity index (χ2n) is 16.5. The summed E-state index contributed by atoms with van der Waals surface area (Å²) >= 11 is 0. The van der Waals surface area contributed by atoms with E-state index in [4.69, 9.17) is 9.72 Å². The summed E-state index contributed by atoms with van der Waals surface area (Å²) in [6.45, 7) is 9.18. The smallest absolute Gasteiger partial charge is 0.348 e. The van der Waals surface area contributed by atoms with Crippen LogP contribution in [-0.4, -0.2) is 117 Å². The van der Waals surface area contributed by atoms with Gasteiger partial charge in [0.25, 0.3) is 5.91 Å². The Bertz CT molecular complexity index is 2770. The lowest BCUT2D eigenvalue weighted by atomic mass is 9.94. The molecular weight excluding hydrogens is 815 g/mol. The van der Waals surface area contributed by atoms with Crippen LogP contribution in [0, 0.1) is 12.8 Å². The number of phenolic OH excluding ortho intramolecular Hbond substituents is 2. The van der Waals surface area contributed by atoms with Gasteiger partial charge in [0.1, 0.15) is 22.9 Å². The van der Waals surface area contributed by atoms with Crippen LogP contribution in [0.3, 0.4) is 0 Å². The van der Waals surface area contributed by atoms with Crippen molar-refractivity contribution in [1.82, 2.24) is 34.5 Å². The highest BCUT2D eigenvalue weighted by atomic mass is 16.5. The van der Waals surface area contributed by atoms with E-state index in [1.54, 1.807) is 31.1 Å². The second kappa shape index (κ2) is 17.4. The van der Waals surface area contributed by atoms with Crippen molar-refractivity contribution >= 4 is 46.3 Å². The Morgan fingerprint density at radius 1 is 0.844 bits per heavy atom. The van der Waals surface area contributed by atoms with Crippen LogP contribution in [0.25, 0.3) is 17.1 Å². The molecule has 0 unspecified atom stereocenters. The first-order valence-electron chi connectivity index (χ1n) is 21.5. The quantitative estimate of drug-likeness (QED) is 0.130. The summed E-state index contributed by atoms with van der Waals surface area (Å²) in [5, 5.41) is 30.5. The molecule has 4 N–H and O–H groups in total. The molecule has 5 heterocycles. The van der Waals surface area contributed by atoms with E-state index in [-0.39, 0.29) is 35.1 Å². The largest absolute Gasteiger partial charge is 0.508 e. The number of carbonyl (C=O) groups is 2. The highest BCUT2D eigenvalue weighted by molar-refractivity contribution is 6.13. The van der Waals surface area contributed by atoms with E-state index in [0.717, 1.165) is 61.6 Å². The Balaban J connectivity index is 0.786. The molecule has 0 bridgehead atoms. The Kier molecular flexibility index (Phi) is 11.4. The first kappa shape index (κ1) is 41.9. The number of para-hydroxylation sites is 1. The van der Waals surface area contributed by atoms with Gasteiger partial charge in [0.05, 0.1) is 41.0 Å². The highest BCUT2D eigenvalue weighted by Gasteiger charge is 2.32. The number of carbonyl (C=O) groups excluding carboxylic acids is 2. The number of ether oxygens (including phenoxy) is 1. The summed E-state index contributed by atoms with van der Waals surface area (Å²) in [5.74, 6) is 1.73. The first-order valence-corrected chi connectivity index (χ1v) is 21.5. The minimum absolute atomic E-state index is 0.0314. The lowest BCUT2D eigenvalue weighted by Crippen LogP contribution is -2.51. The molecule has 64 heavy (non-hydrogen) atoms. The molecule has 330 valence electrons. The van der Waals surface area contributed by atoms with Crippen LogP contribution in [0.4, 0.5) is 34.5 Å². The van der Waals surface area contributed by atoms with Crippen molar-refractivity contribution in [2.45, 2.75) is 33.2 Å². The van der Waals surface area contributed by atoms with Crippen molar-refractivity contribution in [2.75, 3.05) is 80.0 Å². The van der Waals surface area contributed by atoms with Gasteiger partial charge in [-0.3, -0.25) is 14.5 Å². The molecule has 9 rings (SSSR count). The summed E-state index contributed by atoms with van der Waals surface area (Å²) in [5.41, 5.74) is 5.80. The van der Waals surface area contributed by atoms with E-state index in [1.165, 1.54) is 10.6 Å². The first-order chi connectivity index (χ1) is 31.0. The lowest BCUT2D eigenvalue weighted by Gasteiger charge is -2.39. The summed E-state index contributed by atoms with van der Waals surface area (Å²) in [4.78, 5) is 59.4. The number of aryl methyl sites for hydroxylation is 1. The molecule has 3 aliphatic heterocycles. The minimum atomic E-state index is -0.443. The number of piperazine rings is 1. The fourth-order valence-electron chi connectivity index (χ4n) is 8.83. The standard InChI is InChI=1S/C47H51N11O6/c1-5-64-41-25-33(14-15-36(41)49-46-48-27-38-43(50-46)53(3)37-9-7-6-8-34(37)45(62)54(38)4)56-18-16-31(17-19-56)44(61)57-22-20-55(21-23-57)28-30-10-12-32(13-11-30)58-42(51-52-47(58)63)35-24-29(2)39(59)26-40(35)60/h6-15,24-27,31,59-60H,5,16-23,28H2,1-4H3,(H,52,63)(H,48,49,50). The topological polar surface area (TPSA) is 189 Å². The molecule has 0 aliphatic carbocycles. The van der Waals surface area contributed by atoms with E-state index in [1.807, 2.05) is 84.4 Å². The molecule has 0 saturated carbocycles. The zero-order valence-electron chi connectivity index (χ0n) is 36.3. The van der Waals surface area contributed by atoms with Gasteiger partial charge < -0.3 is 39.9 Å². The highest BCUT2D eigenvalue weighted by Crippen LogP contribution is 2.40.